The second kappa shape index (κ2) is 4.72. The summed E-state index contributed by atoms with van der Waals surface area (Å²) in [7, 11) is 0. The van der Waals surface area contributed by atoms with Gasteiger partial charge in [0.05, 0.1) is 18.1 Å². The Morgan fingerprint density at radius 1 is 1.08 bits per heavy atom. The number of nitrogens with zero attached hydrogens (tertiary/aromatic N) is 2. The van der Waals surface area contributed by atoms with Gasteiger partial charge in [0, 0.05) is 22.2 Å². The number of amides is 2. The molecule has 5 heteroatoms. The number of aryl methyl sites for hydroxylation is 1. The molecular formula is C21H19N3O2. The van der Waals surface area contributed by atoms with Crippen LogP contribution < -0.4 is 0 Å². The molecule has 2 aromatic rings. The van der Waals surface area contributed by atoms with Crippen molar-refractivity contribution in [3.05, 3.63) is 47.7 Å². The molecule has 1 aromatic heterocycles. The molecule has 3 fully saturated rings. The summed E-state index contributed by atoms with van der Waals surface area (Å²) in [5.74, 6) is 1.09. The van der Waals surface area contributed by atoms with Crippen LogP contribution in [0.5, 0.6) is 0 Å². The summed E-state index contributed by atoms with van der Waals surface area (Å²) < 4.78 is 0. The Labute approximate surface area is 150 Å². The van der Waals surface area contributed by atoms with Gasteiger partial charge in [0.1, 0.15) is 0 Å². The van der Waals surface area contributed by atoms with Gasteiger partial charge in [-0.2, -0.15) is 10.1 Å². The Morgan fingerprint density at radius 3 is 2.42 bits per heavy atom. The molecule has 5 aliphatic rings. The minimum atomic E-state index is -0.192. The first-order chi connectivity index (χ1) is 12.6. The standard InChI is InChI=1S/C21H19N3O2/c1-10-16(11-4-2-3-5-17(11)23-10)9-22-24-20(25)18-12-6-7-13(15-8-14(12)15)19(18)21(24)26/h2-7,9,12-15,18-19,23H,8H2,1H3/b22-9-/t12-,13-,14-,15+,18-,19-/m1/s1. The second-order valence-corrected chi connectivity index (χ2v) is 8.10. The quantitative estimate of drug-likeness (QED) is 0.517. The van der Waals surface area contributed by atoms with E-state index in [2.05, 4.69) is 22.2 Å². The molecule has 6 atom stereocenters. The zero-order valence-electron chi connectivity index (χ0n) is 14.4. The number of nitrogens with one attached hydrogen (secondary N) is 1. The number of para-hydroxylation sites is 1. The van der Waals surface area contributed by atoms with Crippen LogP contribution in [0.3, 0.4) is 0 Å². The lowest BCUT2D eigenvalue weighted by Gasteiger charge is -2.37. The van der Waals surface area contributed by atoms with E-state index in [1.165, 1.54) is 6.42 Å². The number of hydrogen-bond donors (Lipinski definition) is 1. The Balaban J connectivity index is 1.36. The Bertz CT molecular complexity index is 997. The molecule has 2 bridgehead atoms. The first-order valence-corrected chi connectivity index (χ1v) is 9.32. The predicted octanol–water partition coefficient (Wildman–Crippen LogP) is 2.86. The monoisotopic (exact) mass is 345 g/mol. The molecule has 4 aliphatic carbocycles. The minimum absolute atomic E-state index is 0.113. The molecule has 5 nitrogen and oxygen atoms in total. The number of rotatable bonds is 2. The maximum Gasteiger partial charge on any atom is 0.254 e. The van der Waals surface area contributed by atoms with Gasteiger partial charge < -0.3 is 4.98 Å². The van der Waals surface area contributed by atoms with Crippen LogP contribution in [0.25, 0.3) is 10.9 Å². The Hall–Kier alpha value is -2.69. The summed E-state index contributed by atoms with van der Waals surface area (Å²) in [5.41, 5.74) is 2.94. The highest BCUT2D eigenvalue weighted by molar-refractivity contribution is 6.07. The maximum absolute atomic E-state index is 13.0. The molecule has 2 amide bonds. The van der Waals surface area contributed by atoms with Gasteiger partial charge in [-0.1, -0.05) is 30.4 Å². The first kappa shape index (κ1) is 14.5. The van der Waals surface area contributed by atoms with Crippen molar-refractivity contribution < 1.29 is 9.59 Å². The normalized spacial score (nSPS) is 37.0. The van der Waals surface area contributed by atoms with Gasteiger partial charge >= 0.3 is 0 Å². The molecule has 0 unspecified atom stereocenters. The van der Waals surface area contributed by atoms with Gasteiger partial charge in [-0.25, -0.2) is 0 Å². The zero-order valence-corrected chi connectivity index (χ0v) is 14.4. The highest BCUT2D eigenvalue weighted by atomic mass is 16.2. The molecule has 26 heavy (non-hydrogen) atoms. The summed E-state index contributed by atoms with van der Waals surface area (Å²) >= 11 is 0. The second-order valence-electron chi connectivity index (χ2n) is 8.10. The molecule has 0 spiro atoms. The van der Waals surface area contributed by atoms with Gasteiger partial charge in [0.2, 0.25) is 0 Å². The maximum atomic E-state index is 13.0. The van der Waals surface area contributed by atoms with Crippen molar-refractivity contribution in [2.75, 3.05) is 0 Å². The van der Waals surface area contributed by atoms with E-state index in [0.29, 0.717) is 11.8 Å². The summed E-state index contributed by atoms with van der Waals surface area (Å²) in [4.78, 5) is 29.2. The summed E-state index contributed by atoms with van der Waals surface area (Å²) in [5, 5.41) is 6.56. The van der Waals surface area contributed by atoms with Gasteiger partial charge in [-0.05, 0) is 43.1 Å². The molecule has 7 rings (SSSR count). The van der Waals surface area contributed by atoms with Crippen molar-refractivity contribution in [3.63, 3.8) is 0 Å². The highest BCUT2D eigenvalue weighted by Gasteiger charge is 2.67. The molecule has 0 radical (unpaired) electrons. The molecule has 1 aliphatic heterocycles. The molecule has 1 aromatic carbocycles. The van der Waals surface area contributed by atoms with E-state index in [-0.39, 0.29) is 35.5 Å². The van der Waals surface area contributed by atoms with E-state index in [0.717, 1.165) is 27.2 Å². The third kappa shape index (κ3) is 1.68. The van der Waals surface area contributed by atoms with Crippen LogP contribution in [0.2, 0.25) is 0 Å². The van der Waals surface area contributed by atoms with E-state index in [1.807, 2.05) is 31.2 Å². The van der Waals surface area contributed by atoms with Gasteiger partial charge in [-0.15, -0.1) is 0 Å². The van der Waals surface area contributed by atoms with E-state index >= 15 is 0 Å². The van der Waals surface area contributed by atoms with E-state index < -0.39 is 0 Å². The highest BCUT2D eigenvalue weighted by Crippen LogP contribution is 2.65. The molecule has 2 heterocycles. The lowest BCUT2D eigenvalue weighted by molar-refractivity contribution is -0.140. The number of carbonyl (C=O) groups is 2. The lowest BCUT2D eigenvalue weighted by Crippen LogP contribution is -2.40. The Kier molecular flexibility index (Phi) is 2.63. The largest absolute Gasteiger partial charge is 0.358 e. The summed E-state index contributed by atoms with van der Waals surface area (Å²) in [6.45, 7) is 1.98. The third-order valence-corrected chi connectivity index (χ3v) is 6.89. The van der Waals surface area contributed by atoms with Crippen LogP contribution in [0.4, 0.5) is 0 Å². The summed E-state index contributed by atoms with van der Waals surface area (Å²) in [6, 6.07) is 7.98. The molecule has 1 saturated heterocycles. The molecule has 1 N–H and O–H groups in total. The van der Waals surface area contributed by atoms with Crippen molar-refractivity contribution >= 4 is 28.9 Å². The van der Waals surface area contributed by atoms with Crippen molar-refractivity contribution in [2.45, 2.75) is 13.3 Å². The number of H-pyrrole nitrogens is 1. The number of benzene rings is 1. The van der Waals surface area contributed by atoms with Crippen LogP contribution in [0, 0.1) is 42.4 Å². The smallest absolute Gasteiger partial charge is 0.254 e. The van der Waals surface area contributed by atoms with Crippen LogP contribution in [0.15, 0.2) is 41.5 Å². The number of aromatic amines is 1. The molecule has 130 valence electrons. The zero-order chi connectivity index (χ0) is 17.6. The van der Waals surface area contributed by atoms with E-state index in [1.54, 1.807) is 6.21 Å². The van der Waals surface area contributed by atoms with Crippen molar-refractivity contribution in [1.82, 2.24) is 9.99 Å². The average molecular weight is 345 g/mol. The average Bonchev–Trinajstić information content (AvgIpc) is 3.36. The number of hydrogen-bond acceptors (Lipinski definition) is 3. The number of aromatic nitrogens is 1. The number of carbonyl (C=O) groups excluding carboxylic acids is 2. The number of allylic oxidation sites excluding steroid dienone is 2. The fourth-order valence-corrected chi connectivity index (χ4v) is 5.64. The predicted molar refractivity (Wildman–Crippen MR) is 97.2 cm³/mol. The molecular weight excluding hydrogens is 326 g/mol. The third-order valence-electron chi connectivity index (χ3n) is 6.89. The molecule has 2 saturated carbocycles. The minimum Gasteiger partial charge on any atom is -0.358 e. The van der Waals surface area contributed by atoms with Gasteiger partial charge in [0.25, 0.3) is 11.8 Å². The van der Waals surface area contributed by atoms with Crippen LogP contribution in [0.1, 0.15) is 17.7 Å². The fourth-order valence-electron chi connectivity index (χ4n) is 5.64. The van der Waals surface area contributed by atoms with Crippen LogP contribution >= 0.6 is 0 Å². The van der Waals surface area contributed by atoms with Gasteiger partial charge in [0.15, 0.2) is 0 Å². The lowest BCUT2D eigenvalue weighted by atomic mass is 9.63. The van der Waals surface area contributed by atoms with Crippen LogP contribution in [-0.2, 0) is 9.59 Å². The fraction of sp³-hybridized carbons (Fsp3) is 0.381. The van der Waals surface area contributed by atoms with Crippen molar-refractivity contribution in [3.8, 4) is 0 Å². The number of fused-ring (bicyclic) bond motifs is 1. The van der Waals surface area contributed by atoms with Crippen molar-refractivity contribution in [1.29, 1.82) is 0 Å². The van der Waals surface area contributed by atoms with Gasteiger partial charge in [-0.3, -0.25) is 9.59 Å². The first-order valence-electron chi connectivity index (χ1n) is 9.32. The number of imide groups is 1. The topological polar surface area (TPSA) is 65.5 Å². The SMILES string of the molecule is Cc1[nH]c2ccccc2c1/C=N\N1C(=O)[C@@H]2[C@@H]3C=C[C@H]([C@@H]4C[C@H]34)[C@H]2C1=O. The van der Waals surface area contributed by atoms with Crippen molar-refractivity contribution in [2.24, 2.45) is 40.6 Å². The van der Waals surface area contributed by atoms with E-state index in [4.69, 9.17) is 0 Å². The summed E-state index contributed by atoms with van der Waals surface area (Å²) in [6.07, 6.45) is 7.20. The number of hydrazone groups is 1. The Morgan fingerprint density at radius 2 is 1.73 bits per heavy atom. The van der Waals surface area contributed by atoms with E-state index in [9.17, 15) is 9.59 Å². The van der Waals surface area contributed by atoms with Crippen LogP contribution in [-0.4, -0.2) is 28.0 Å².